The van der Waals surface area contributed by atoms with E-state index in [9.17, 15) is 0 Å². The van der Waals surface area contributed by atoms with Crippen molar-refractivity contribution in [1.82, 2.24) is 5.32 Å². The minimum absolute atomic E-state index is 0.759. The highest BCUT2D eigenvalue weighted by molar-refractivity contribution is 5.33. The normalized spacial score (nSPS) is 17.2. The molecule has 1 unspecified atom stereocenters. The molecule has 1 aromatic carbocycles. The molecule has 0 amide bonds. The molecule has 1 aliphatic carbocycles. The van der Waals surface area contributed by atoms with Crippen molar-refractivity contribution in [2.75, 3.05) is 20.2 Å². The lowest BCUT2D eigenvalue weighted by Crippen LogP contribution is -2.33. The van der Waals surface area contributed by atoms with Crippen molar-refractivity contribution >= 4 is 0 Å². The van der Waals surface area contributed by atoms with E-state index in [1.54, 1.807) is 7.11 Å². The minimum atomic E-state index is 0.759. The van der Waals surface area contributed by atoms with Crippen LogP contribution in [0, 0.1) is 11.8 Å². The molecule has 2 heteroatoms. The summed E-state index contributed by atoms with van der Waals surface area (Å²) >= 11 is 0. The Labute approximate surface area is 111 Å². The molecule has 1 aliphatic rings. The van der Waals surface area contributed by atoms with Crippen LogP contribution in [-0.2, 0) is 6.42 Å². The third-order valence-corrected chi connectivity index (χ3v) is 4.15. The van der Waals surface area contributed by atoms with Crippen LogP contribution in [-0.4, -0.2) is 20.2 Å². The molecular formula is C16H25NO. The first-order valence-corrected chi connectivity index (χ1v) is 7.17. The molecule has 2 rings (SSSR count). The summed E-state index contributed by atoms with van der Waals surface area (Å²) in [6.45, 7) is 4.38. The van der Waals surface area contributed by atoms with E-state index in [1.165, 1.54) is 24.8 Å². The Hall–Kier alpha value is -1.02. The summed E-state index contributed by atoms with van der Waals surface area (Å²) < 4.78 is 5.46. The molecular weight excluding hydrogens is 222 g/mol. The highest BCUT2D eigenvalue weighted by atomic mass is 16.5. The topological polar surface area (TPSA) is 21.3 Å². The third kappa shape index (κ3) is 3.26. The predicted octanol–water partition coefficient (Wildman–Crippen LogP) is 3.26. The van der Waals surface area contributed by atoms with Crippen LogP contribution in [0.25, 0.3) is 0 Å². The van der Waals surface area contributed by atoms with Crippen molar-refractivity contribution in [3.63, 3.8) is 0 Å². The van der Waals surface area contributed by atoms with E-state index >= 15 is 0 Å². The number of hydrogen-bond acceptors (Lipinski definition) is 2. The lowest BCUT2D eigenvalue weighted by molar-refractivity contribution is 0.199. The zero-order chi connectivity index (χ0) is 12.8. The average Bonchev–Trinajstić information content (AvgIpc) is 2.34. The highest BCUT2D eigenvalue weighted by Crippen LogP contribution is 2.36. The number of nitrogens with one attached hydrogen (secondary N) is 1. The standard InChI is InChI=1S/C16H25NO/c1-3-17-12-15(13-8-6-9-13)11-14-7-4-5-10-16(14)18-2/h4-5,7,10,13,15,17H,3,6,8-9,11-12H2,1-2H3. The van der Waals surface area contributed by atoms with E-state index in [1.807, 2.05) is 6.07 Å². The van der Waals surface area contributed by atoms with Gasteiger partial charge in [0.15, 0.2) is 0 Å². The van der Waals surface area contributed by atoms with Crippen molar-refractivity contribution in [3.8, 4) is 5.75 Å². The molecule has 1 N–H and O–H groups in total. The summed E-state index contributed by atoms with van der Waals surface area (Å²) in [6.07, 6.45) is 5.37. The summed E-state index contributed by atoms with van der Waals surface area (Å²) in [5, 5.41) is 3.51. The Bertz CT molecular complexity index is 360. The molecule has 0 spiro atoms. The molecule has 0 radical (unpaired) electrons. The van der Waals surface area contributed by atoms with Crippen LogP contribution >= 0.6 is 0 Å². The number of methoxy groups -OCH3 is 1. The Morgan fingerprint density at radius 3 is 2.72 bits per heavy atom. The fourth-order valence-corrected chi connectivity index (χ4v) is 2.80. The summed E-state index contributed by atoms with van der Waals surface area (Å²) in [4.78, 5) is 0. The Morgan fingerprint density at radius 2 is 2.11 bits per heavy atom. The maximum absolute atomic E-state index is 5.46. The number of hydrogen-bond donors (Lipinski definition) is 1. The van der Waals surface area contributed by atoms with Gasteiger partial charge in [-0.15, -0.1) is 0 Å². The van der Waals surface area contributed by atoms with Crippen molar-refractivity contribution in [3.05, 3.63) is 29.8 Å². The van der Waals surface area contributed by atoms with Gasteiger partial charge in [0.25, 0.3) is 0 Å². The van der Waals surface area contributed by atoms with E-state index in [0.717, 1.165) is 37.1 Å². The second kappa shape index (κ2) is 6.79. The lowest BCUT2D eigenvalue weighted by atomic mass is 9.73. The van der Waals surface area contributed by atoms with Gasteiger partial charge < -0.3 is 10.1 Å². The first-order valence-electron chi connectivity index (χ1n) is 7.17. The monoisotopic (exact) mass is 247 g/mol. The summed E-state index contributed by atoms with van der Waals surface area (Å²) in [5.74, 6) is 2.71. The van der Waals surface area contributed by atoms with Gasteiger partial charge in [0, 0.05) is 0 Å². The van der Waals surface area contributed by atoms with Gasteiger partial charge in [-0.25, -0.2) is 0 Å². The van der Waals surface area contributed by atoms with Crippen LogP contribution in [0.2, 0.25) is 0 Å². The number of rotatable bonds is 7. The first kappa shape index (κ1) is 13.4. The fraction of sp³-hybridized carbons (Fsp3) is 0.625. The first-order chi connectivity index (χ1) is 8.85. The largest absolute Gasteiger partial charge is 0.496 e. The van der Waals surface area contributed by atoms with Gasteiger partial charge in [-0.1, -0.05) is 44.4 Å². The van der Waals surface area contributed by atoms with Crippen molar-refractivity contribution in [2.24, 2.45) is 11.8 Å². The molecule has 0 aliphatic heterocycles. The predicted molar refractivity (Wildman–Crippen MR) is 76.1 cm³/mol. The molecule has 0 heterocycles. The SMILES string of the molecule is CCNCC(Cc1ccccc1OC)C1CCC1. The maximum atomic E-state index is 5.46. The second-order valence-electron chi connectivity index (χ2n) is 5.27. The van der Waals surface area contributed by atoms with Crippen LogP contribution < -0.4 is 10.1 Å². The summed E-state index contributed by atoms with van der Waals surface area (Å²) in [6, 6.07) is 8.44. The van der Waals surface area contributed by atoms with Crippen LogP contribution in [0.1, 0.15) is 31.7 Å². The molecule has 1 aromatic rings. The zero-order valence-electron chi connectivity index (χ0n) is 11.6. The van der Waals surface area contributed by atoms with Gasteiger partial charge in [0.2, 0.25) is 0 Å². The van der Waals surface area contributed by atoms with Gasteiger partial charge >= 0.3 is 0 Å². The highest BCUT2D eigenvalue weighted by Gasteiger charge is 2.27. The Morgan fingerprint density at radius 1 is 1.33 bits per heavy atom. The van der Waals surface area contributed by atoms with Crippen LogP contribution in [0.15, 0.2) is 24.3 Å². The minimum Gasteiger partial charge on any atom is -0.496 e. The molecule has 1 saturated carbocycles. The van der Waals surface area contributed by atoms with Crippen molar-refractivity contribution < 1.29 is 4.74 Å². The summed E-state index contributed by atoms with van der Waals surface area (Å²) in [7, 11) is 1.77. The average molecular weight is 247 g/mol. The van der Waals surface area contributed by atoms with Gasteiger partial charge in [0.1, 0.15) is 5.75 Å². The summed E-state index contributed by atoms with van der Waals surface area (Å²) in [5.41, 5.74) is 1.36. The van der Waals surface area contributed by atoms with E-state index in [2.05, 4.69) is 30.4 Å². The van der Waals surface area contributed by atoms with E-state index in [-0.39, 0.29) is 0 Å². The molecule has 1 fully saturated rings. The Kier molecular flexibility index (Phi) is 5.06. The van der Waals surface area contributed by atoms with Crippen molar-refractivity contribution in [1.29, 1.82) is 0 Å². The lowest BCUT2D eigenvalue weighted by Gasteiger charge is -2.34. The van der Waals surface area contributed by atoms with Crippen LogP contribution in [0.3, 0.4) is 0 Å². The van der Waals surface area contributed by atoms with Gasteiger partial charge in [0.05, 0.1) is 7.11 Å². The number of benzene rings is 1. The van der Waals surface area contributed by atoms with Gasteiger partial charge in [-0.05, 0) is 43.0 Å². The zero-order valence-corrected chi connectivity index (χ0v) is 11.6. The van der Waals surface area contributed by atoms with Crippen molar-refractivity contribution in [2.45, 2.75) is 32.6 Å². The third-order valence-electron chi connectivity index (χ3n) is 4.15. The van der Waals surface area contributed by atoms with Gasteiger partial charge in [-0.3, -0.25) is 0 Å². The van der Waals surface area contributed by atoms with E-state index in [4.69, 9.17) is 4.74 Å². The molecule has 0 bridgehead atoms. The molecule has 0 aromatic heterocycles. The molecule has 100 valence electrons. The smallest absolute Gasteiger partial charge is 0.122 e. The number of ether oxygens (including phenoxy) is 1. The van der Waals surface area contributed by atoms with Crippen LogP contribution in [0.4, 0.5) is 0 Å². The van der Waals surface area contributed by atoms with E-state index < -0.39 is 0 Å². The molecule has 0 saturated heterocycles. The maximum Gasteiger partial charge on any atom is 0.122 e. The molecule has 1 atom stereocenters. The molecule has 18 heavy (non-hydrogen) atoms. The molecule has 2 nitrogen and oxygen atoms in total. The van der Waals surface area contributed by atoms with Crippen LogP contribution in [0.5, 0.6) is 5.75 Å². The van der Waals surface area contributed by atoms with Gasteiger partial charge in [-0.2, -0.15) is 0 Å². The number of para-hydroxylation sites is 1. The Balaban J connectivity index is 2.02. The second-order valence-corrected chi connectivity index (χ2v) is 5.27. The fourth-order valence-electron chi connectivity index (χ4n) is 2.80. The van der Waals surface area contributed by atoms with E-state index in [0.29, 0.717) is 0 Å². The quantitative estimate of drug-likeness (QED) is 0.798.